The summed E-state index contributed by atoms with van der Waals surface area (Å²) in [6, 6.07) is 5.53. The molecule has 0 amide bonds. The minimum Gasteiger partial charge on any atom is -0.399 e. The van der Waals surface area contributed by atoms with Gasteiger partial charge in [-0.1, -0.05) is 32.9 Å². The number of hydrogen-bond acceptors (Lipinski definition) is 2. The maximum Gasteiger partial charge on any atom is 0.0389 e. The van der Waals surface area contributed by atoms with Crippen LogP contribution in [0.3, 0.4) is 0 Å². The Bertz CT molecular complexity index is 346. The average Bonchev–Trinajstić information content (AvgIpc) is 2.05. The van der Waals surface area contributed by atoms with Crippen molar-refractivity contribution < 1.29 is 0 Å². The number of allylic oxidation sites excluding steroid dienone is 1. The quantitative estimate of drug-likeness (QED) is 0.669. The highest BCUT2D eigenvalue weighted by Gasteiger charge is 2.04. The van der Waals surface area contributed by atoms with Crippen LogP contribution >= 0.6 is 0 Å². The molecule has 0 aliphatic rings. The number of benzene rings is 1. The van der Waals surface area contributed by atoms with E-state index < -0.39 is 0 Å². The number of rotatable bonds is 1. The topological polar surface area (TPSA) is 52.0 Å². The third-order valence-corrected chi connectivity index (χ3v) is 1.87. The second-order valence-electron chi connectivity index (χ2n) is 4.59. The zero-order valence-electron chi connectivity index (χ0n) is 9.04. The molecule has 0 spiro atoms. The van der Waals surface area contributed by atoms with E-state index >= 15 is 0 Å². The fraction of sp³-hybridized carbons (Fsp3) is 0.333. The molecule has 1 aromatic carbocycles. The lowest BCUT2D eigenvalue weighted by Gasteiger charge is -2.11. The molecule has 14 heavy (non-hydrogen) atoms. The Morgan fingerprint density at radius 2 is 1.79 bits per heavy atom. The van der Waals surface area contributed by atoms with Crippen LogP contribution in [-0.4, -0.2) is 0 Å². The van der Waals surface area contributed by atoms with Crippen LogP contribution in [0.5, 0.6) is 0 Å². The lowest BCUT2D eigenvalue weighted by Crippen LogP contribution is -1.99. The van der Waals surface area contributed by atoms with Crippen LogP contribution < -0.4 is 11.5 Å². The van der Waals surface area contributed by atoms with Gasteiger partial charge in [-0.3, -0.25) is 0 Å². The van der Waals surface area contributed by atoms with Gasteiger partial charge in [0.05, 0.1) is 0 Å². The van der Waals surface area contributed by atoms with E-state index in [9.17, 15) is 0 Å². The van der Waals surface area contributed by atoms with Crippen molar-refractivity contribution in [2.45, 2.75) is 20.8 Å². The largest absolute Gasteiger partial charge is 0.399 e. The highest BCUT2D eigenvalue weighted by molar-refractivity contribution is 5.68. The lowest BCUT2D eigenvalue weighted by molar-refractivity contribution is 0.547. The molecule has 0 atom stereocenters. The SMILES string of the molecule is CC(C)(C)/C=C/c1cc(N)ccc1N. The Morgan fingerprint density at radius 1 is 1.14 bits per heavy atom. The number of hydrogen-bond donors (Lipinski definition) is 2. The van der Waals surface area contributed by atoms with Crippen molar-refractivity contribution >= 4 is 17.5 Å². The van der Waals surface area contributed by atoms with Gasteiger partial charge in [0.15, 0.2) is 0 Å². The van der Waals surface area contributed by atoms with Crippen LogP contribution in [0.4, 0.5) is 11.4 Å². The van der Waals surface area contributed by atoms with Crippen LogP contribution in [0, 0.1) is 5.41 Å². The number of anilines is 2. The van der Waals surface area contributed by atoms with Crippen LogP contribution in [-0.2, 0) is 0 Å². The van der Waals surface area contributed by atoms with Gasteiger partial charge in [0, 0.05) is 11.4 Å². The summed E-state index contributed by atoms with van der Waals surface area (Å²) in [6.45, 7) is 6.43. The highest BCUT2D eigenvalue weighted by Crippen LogP contribution is 2.21. The zero-order chi connectivity index (χ0) is 10.8. The van der Waals surface area contributed by atoms with Crippen molar-refractivity contribution in [3.8, 4) is 0 Å². The van der Waals surface area contributed by atoms with E-state index in [1.54, 1.807) is 0 Å². The first-order valence-electron chi connectivity index (χ1n) is 4.73. The van der Waals surface area contributed by atoms with E-state index in [4.69, 9.17) is 11.5 Å². The fourth-order valence-electron chi connectivity index (χ4n) is 1.08. The van der Waals surface area contributed by atoms with Crippen molar-refractivity contribution in [3.63, 3.8) is 0 Å². The van der Waals surface area contributed by atoms with Gasteiger partial charge < -0.3 is 11.5 Å². The molecule has 0 heterocycles. The van der Waals surface area contributed by atoms with E-state index in [0.717, 1.165) is 16.9 Å². The molecule has 4 N–H and O–H groups in total. The van der Waals surface area contributed by atoms with Crippen molar-refractivity contribution in [1.29, 1.82) is 0 Å². The van der Waals surface area contributed by atoms with E-state index in [1.165, 1.54) is 0 Å². The molecule has 0 saturated heterocycles. The third-order valence-electron chi connectivity index (χ3n) is 1.87. The van der Waals surface area contributed by atoms with E-state index in [0.29, 0.717) is 0 Å². The molecule has 0 aromatic heterocycles. The Morgan fingerprint density at radius 3 is 2.36 bits per heavy atom. The minimum absolute atomic E-state index is 0.164. The van der Waals surface area contributed by atoms with Gasteiger partial charge in [-0.25, -0.2) is 0 Å². The van der Waals surface area contributed by atoms with E-state index in [1.807, 2.05) is 24.3 Å². The van der Waals surface area contributed by atoms with Crippen molar-refractivity contribution in [2.75, 3.05) is 11.5 Å². The fourth-order valence-corrected chi connectivity index (χ4v) is 1.08. The molecule has 0 saturated carbocycles. The predicted octanol–water partition coefficient (Wildman–Crippen LogP) is 2.91. The molecule has 2 nitrogen and oxygen atoms in total. The lowest BCUT2D eigenvalue weighted by atomic mass is 9.95. The van der Waals surface area contributed by atoms with Gasteiger partial charge in [0.2, 0.25) is 0 Å². The summed E-state index contributed by atoms with van der Waals surface area (Å²) in [5, 5.41) is 0. The standard InChI is InChI=1S/C12H18N2/c1-12(2,3)7-6-9-8-10(13)4-5-11(9)14/h4-8H,13-14H2,1-3H3/b7-6+. The first-order chi connectivity index (χ1) is 6.38. The molecular weight excluding hydrogens is 172 g/mol. The Hall–Kier alpha value is -1.44. The van der Waals surface area contributed by atoms with Gasteiger partial charge in [-0.2, -0.15) is 0 Å². The molecule has 76 valence electrons. The average molecular weight is 190 g/mol. The summed E-state index contributed by atoms with van der Waals surface area (Å²) in [6.07, 6.45) is 4.14. The molecule has 1 rings (SSSR count). The van der Waals surface area contributed by atoms with Crippen LogP contribution in [0.2, 0.25) is 0 Å². The molecule has 0 aliphatic heterocycles. The normalized spacial score (nSPS) is 12.2. The Balaban J connectivity index is 2.97. The van der Waals surface area contributed by atoms with Crippen LogP contribution in [0.1, 0.15) is 26.3 Å². The molecule has 2 heteroatoms. The van der Waals surface area contributed by atoms with Crippen molar-refractivity contribution in [1.82, 2.24) is 0 Å². The Kier molecular flexibility index (Phi) is 2.84. The molecule has 0 fully saturated rings. The molecule has 0 unspecified atom stereocenters. The molecular formula is C12H18N2. The van der Waals surface area contributed by atoms with Crippen molar-refractivity contribution in [3.05, 3.63) is 29.8 Å². The predicted molar refractivity (Wildman–Crippen MR) is 63.8 cm³/mol. The van der Waals surface area contributed by atoms with E-state index in [-0.39, 0.29) is 5.41 Å². The summed E-state index contributed by atoms with van der Waals surface area (Å²) in [4.78, 5) is 0. The third kappa shape index (κ3) is 3.13. The molecule has 1 aromatic rings. The minimum atomic E-state index is 0.164. The summed E-state index contributed by atoms with van der Waals surface area (Å²) in [5.74, 6) is 0. The summed E-state index contributed by atoms with van der Waals surface area (Å²) < 4.78 is 0. The second-order valence-corrected chi connectivity index (χ2v) is 4.59. The second kappa shape index (κ2) is 3.74. The monoisotopic (exact) mass is 190 g/mol. The van der Waals surface area contributed by atoms with Crippen molar-refractivity contribution in [2.24, 2.45) is 5.41 Å². The zero-order valence-corrected chi connectivity index (χ0v) is 9.04. The van der Waals surface area contributed by atoms with Gasteiger partial charge in [0.25, 0.3) is 0 Å². The first kappa shape index (κ1) is 10.6. The summed E-state index contributed by atoms with van der Waals surface area (Å²) in [5.41, 5.74) is 14.1. The summed E-state index contributed by atoms with van der Waals surface area (Å²) in [7, 11) is 0. The van der Waals surface area contributed by atoms with Gasteiger partial charge in [0.1, 0.15) is 0 Å². The van der Waals surface area contributed by atoms with Gasteiger partial charge >= 0.3 is 0 Å². The smallest absolute Gasteiger partial charge is 0.0389 e. The maximum atomic E-state index is 5.81. The first-order valence-corrected chi connectivity index (χ1v) is 4.73. The highest BCUT2D eigenvalue weighted by atomic mass is 14.6. The molecule has 0 aliphatic carbocycles. The van der Waals surface area contributed by atoms with Crippen LogP contribution in [0.15, 0.2) is 24.3 Å². The van der Waals surface area contributed by atoms with E-state index in [2.05, 4.69) is 26.8 Å². The molecule has 0 radical (unpaired) electrons. The van der Waals surface area contributed by atoms with Crippen LogP contribution in [0.25, 0.3) is 6.08 Å². The summed E-state index contributed by atoms with van der Waals surface area (Å²) >= 11 is 0. The number of nitrogen functional groups attached to an aromatic ring is 2. The number of nitrogens with two attached hydrogens (primary N) is 2. The molecule has 0 bridgehead atoms. The van der Waals surface area contributed by atoms with Gasteiger partial charge in [-0.15, -0.1) is 0 Å². The van der Waals surface area contributed by atoms with Gasteiger partial charge in [-0.05, 0) is 29.2 Å². The maximum absolute atomic E-state index is 5.81. The Labute approximate surface area is 85.6 Å².